The molecule has 26 heavy (non-hydrogen) atoms. The Bertz CT molecular complexity index is 710. The van der Waals surface area contributed by atoms with E-state index in [-0.39, 0.29) is 36.1 Å². The molecule has 0 saturated carbocycles. The zero-order valence-electron chi connectivity index (χ0n) is 15.1. The minimum absolute atomic E-state index is 0. The molecule has 0 amide bonds. The highest BCUT2D eigenvalue weighted by molar-refractivity contribution is 14.0. The molecule has 1 aromatic carbocycles. The molecule has 2 rings (SSSR count). The Hall–Kier alpha value is -1.46. The van der Waals surface area contributed by atoms with Gasteiger partial charge < -0.3 is 20.6 Å². The largest absolute Gasteiger partial charge is 0.386 e. The summed E-state index contributed by atoms with van der Waals surface area (Å²) in [5, 5.41) is 19.2. The second-order valence-corrected chi connectivity index (χ2v) is 6.47. The van der Waals surface area contributed by atoms with Crippen molar-refractivity contribution in [2.75, 3.05) is 32.1 Å². The molecule has 1 aromatic heterocycles. The normalized spacial score (nSPS) is 12.3. The maximum atomic E-state index is 13.7. The van der Waals surface area contributed by atoms with Crippen LogP contribution in [-0.4, -0.2) is 43.2 Å². The first-order valence-corrected chi connectivity index (χ1v) is 8.95. The van der Waals surface area contributed by atoms with Crippen LogP contribution in [0, 0.1) is 5.82 Å². The summed E-state index contributed by atoms with van der Waals surface area (Å²) in [7, 11) is 3.89. The third kappa shape index (κ3) is 6.69. The molecule has 9 heteroatoms. The van der Waals surface area contributed by atoms with Crippen molar-refractivity contribution in [2.24, 2.45) is 4.99 Å². The van der Waals surface area contributed by atoms with Crippen LogP contribution in [0.2, 0.25) is 0 Å². The zero-order chi connectivity index (χ0) is 18.2. The molecule has 0 aliphatic rings. The van der Waals surface area contributed by atoms with Crippen LogP contribution in [0.15, 0.2) is 34.6 Å². The zero-order valence-corrected chi connectivity index (χ0v) is 18.2. The van der Waals surface area contributed by atoms with E-state index in [0.29, 0.717) is 19.0 Å². The predicted octanol–water partition coefficient (Wildman–Crippen LogP) is 2.75. The molecular weight excluding hydrogens is 468 g/mol. The maximum Gasteiger partial charge on any atom is 0.191 e. The minimum atomic E-state index is -0.954. The predicted molar refractivity (Wildman–Crippen MR) is 116 cm³/mol. The summed E-state index contributed by atoms with van der Waals surface area (Å²) < 4.78 is 13.7. The van der Waals surface area contributed by atoms with Crippen molar-refractivity contribution in [1.29, 1.82) is 0 Å². The van der Waals surface area contributed by atoms with Crippen LogP contribution in [0.3, 0.4) is 0 Å². The Labute approximate surface area is 174 Å². The fourth-order valence-corrected chi connectivity index (χ4v) is 2.87. The number of aliphatic imine (C=N–C) groups is 1. The summed E-state index contributed by atoms with van der Waals surface area (Å²) in [4.78, 5) is 10.9. The average molecular weight is 493 g/mol. The van der Waals surface area contributed by atoms with E-state index in [1.807, 2.05) is 31.3 Å². The third-order valence-electron chi connectivity index (χ3n) is 3.39. The molecule has 0 bridgehead atoms. The summed E-state index contributed by atoms with van der Waals surface area (Å²) >= 11 is 1.56. The van der Waals surface area contributed by atoms with Crippen molar-refractivity contribution < 1.29 is 9.50 Å². The number of nitrogens with one attached hydrogen (secondary N) is 2. The highest BCUT2D eigenvalue weighted by atomic mass is 127. The number of anilines is 1. The van der Waals surface area contributed by atoms with Crippen LogP contribution in [0.4, 0.5) is 9.52 Å². The van der Waals surface area contributed by atoms with E-state index in [2.05, 4.69) is 20.6 Å². The Balaban J connectivity index is 0.00000338. The lowest BCUT2D eigenvalue weighted by atomic mass is 10.1. The molecule has 0 spiro atoms. The molecule has 144 valence electrons. The fraction of sp³-hybridized carbons (Fsp3) is 0.412. The first kappa shape index (κ1) is 22.6. The van der Waals surface area contributed by atoms with E-state index in [1.165, 1.54) is 6.07 Å². The molecule has 0 aliphatic heterocycles. The molecule has 0 aliphatic carbocycles. The van der Waals surface area contributed by atoms with Crippen LogP contribution < -0.4 is 15.5 Å². The first-order valence-electron chi connectivity index (χ1n) is 8.07. The van der Waals surface area contributed by atoms with Gasteiger partial charge in [-0.3, -0.25) is 0 Å². The number of aliphatic hydroxyl groups is 1. The molecular formula is C17H25FIN5OS. The number of nitrogens with zero attached hydrogens (tertiary/aromatic N) is 3. The molecule has 0 saturated heterocycles. The SMILES string of the molecule is CCNC(=NCc1csc(N(C)C)n1)NCC(O)c1ccccc1F.I. The number of halogens is 2. The Kier molecular flexibility index (Phi) is 9.81. The molecule has 1 atom stereocenters. The lowest BCUT2D eigenvalue weighted by molar-refractivity contribution is 0.176. The van der Waals surface area contributed by atoms with Crippen LogP contribution in [0.25, 0.3) is 0 Å². The second-order valence-electron chi connectivity index (χ2n) is 5.63. The van der Waals surface area contributed by atoms with Gasteiger partial charge in [-0.1, -0.05) is 18.2 Å². The monoisotopic (exact) mass is 493 g/mol. The molecule has 1 heterocycles. The van der Waals surface area contributed by atoms with E-state index < -0.39 is 11.9 Å². The van der Waals surface area contributed by atoms with E-state index in [4.69, 9.17) is 0 Å². The van der Waals surface area contributed by atoms with Gasteiger partial charge >= 0.3 is 0 Å². The Morgan fingerprint density at radius 1 is 1.35 bits per heavy atom. The fourth-order valence-electron chi connectivity index (χ4n) is 2.12. The number of hydrogen-bond acceptors (Lipinski definition) is 5. The van der Waals surface area contributed by atoms with Gasteiger partial charge in [0.15, 0.2) is 11.1 Å². The number of benzene rings is 1. The number of rotatable bonds is 7. The van der Waals surface area contributed by atoms with E-state index in [1.54, 1.807) is 29.5 Å². The molecule has 3 N–H and O–H groups in total. The Morgan fingerprint density at radius 2 is 2.08 bits per heavy atom. The topological polar surface area (TPSA) is 72.8 Å². The standard InChI is InChI=1S/C17H24FN5OS.HI/c1-4-19-16(20-9-12-11-25-17(22-12)23(2)3)21-10-15(24)13-7-5-6-8-14(13)18;/h5-8,11,15,24H,4,9-10H2,1-3H3,(H2,19,20,21);1H. The number of thiazole rings is 1. The molecule has 0 fully saturated rings. The van der Waals surface area contributed by atoms with Crippen molar-refractivity contribution >= 4 is 46.4 Å². The highest BCUT2D eigenvalue weighted by Crippen LogP contribution is 2.18. The summed E-state index contributed by atoms with van der Waals surface area (Å²) in [5.74, 6) is 0.134. The van der Waals surface area contributed by atoms with Gasteiger partial charge in [-0.2, -0.15) is 0 Å². The third-order valence-corrected chi connectivity index (χ3v) is 4.45. The minimum Gasteiger partial charge on any atom is -0.386 e. The average Bonchev–Trinajstić information content (AvgIpc) is 3.07. The molecule has 0 radical (unpaired) electrons. The van der Waals surface area contributed by atoms with E-state index in [9.17, 15) is 9.50 Å². The molecule has 1 unspecified atom stereocenters. The van der Waals surface area contributed by atoms with Crippen molar-refractivity contribution in [3.05, 3.63) is 46.7 Å². The van der Waals surface area contributed by atoms with Gasteiger partial charge in [0.2, 0.25) is 0 Å². The van der Waals surface area contributed by atoms with Gasteiger partial charge in [0.05, 0.1) is 18.3 Å². The van der Waals surface area contributed by atoms with Gasteiger partial charge in [-0.05, 0) is 13.0 Å². The van der Waals surface area contributed by atoms with Gasteiger partial charge in [0.25, 0.3) is 0 Å². The van der Waals surface area contributed by atoms with Crippen LogP contribution in [-0.2, 0) is 6.54 Å². The van der Waals surface area contributed by atoms with E-state index >= 15 is 0 Å². The number of guanidine groups is 1. The molecule has 6 nitrogen and oxygen atoms in total. The van der Waals surface area contributed by atoms with Gasteiger partial charge in [-0.25, -0.2) is 14.4 Å². The lowest BCUT2D eigenvalue weighted by Gasteiger charge is -2.15. The van der Waals surface area contributed by atoms with Crippen molar-refractivity contribution in [3.63, 3.8) is 0 Å². The second kappa shape index (κ2) is 11.3. The summed E-state index contributed by atoms with van der Waals surface area (Å²) in [5.41, 5.74) is 1.14. The maximum absolute atomic E-state index is 13.7. The van der Waals surface area contributed by atoms with Crippen molar-refractivity contribution in [3.8, 4) is 0 Å². The van der Waals surface area contributed by atoms with Crippen molar-refractivity contribution in [2.45, 2.75) is 19.6 Å². The van der Waals surface area contributed by atoms with Crippen molar-refractivity contribution in [1.82, 2.24) is 15.6 Å². The highest BCUT2D eigenvalue weighted by Gasteiger charge is 2.12. The van der Waals surface area contributed by atoms with Crippen LogP contribution in [0.1, 0.15) is 24.3 Å². The van der Waals surface area contributed by atoms with Crippen LogP contribution >= 0.6 is 35.3 Å². The summed E-state index contributed by atoms with van der Waals surface area (Å²) in [6.07, 6.45) is -0.954. The van der Waals surface area contributed by atoms with Crippen LogP contribution in [0.5, 0.6) is 0 Å². The summed E-state index contributed by atoms with van der Waals surface area (Å²) in [6, 6.07) is 6.21. The first-order chi connectivity index (χ1) is 12.0. The quantitative estimate of drug-likeness (QED) is 0.315. The smallest absolute Gasteiger partial charge is 0.191 e. The van der Waals surface area contributed by atoms with Gasteiger partial charge in [-0.15, -0.1) is 35.3 Å². The lowest BCUT2D eigenvalue weighted by Crippen LogP contribution is -2.39. The number of aliphatic hydroxyl groups excluding tert-OH is 1. The number of hydrogen-bond donors (Lipinski definition) is 3. The van der Waals surface area contributed by atoms with Gasteiger partial charge in [0.1, 0.15) is 5.82 Å². The van der Waals surface area contributed by atoms with E-state index in [0.717, 1.165) is 10.8 Å². The molecule has 2 aromatic rings. The van der Waals surface area contributed by atoms with Gasteiger partial charge in [0, 0.05) is 38.1 Å². The Morgan fingerprint density at radius 3 is 2.69 bits per heavy atom. The number of aromatic nitrogens is 1. The summed E-state index contributed by atoms with van der Waals surface area (Å²) in [6.45, 7) is 3.22.